The highest BCUT2D eigenvalue weighted by molar-refractivity contribution is 9.09. The van der Waals surface area contributed by atoms with Gasteiger partial charge in [0, 0.05) is 17.3 Å². The first-order valence-electron chi connectivity index (χ1n) is 6.85. The molecule has 0 aliphatic carbocycles. The van der Waals surface area contributed by atoms with E-state index in [1.807, 2.05) is 0 Å². The summed E-state index contributed by atoms with van der Waals surface area (Å²) in [6, 6.07) is 3.82. The van der Waals surface area contributed by atoms with Crippen molar-refractivity contribution in [2.45, 2.75) is 19.3 Å². The van der Waals surface area contributed by atoms with Gasteiger partial charge in [0.05, 0.1) is 11.9 Å². The van der Waals surface area contributed by atoms with Gasteiger partial charge in [0.15, 0.2) is 5.82 Å². The number of hydrogen-bond donors (Lipinski definition) is 1. The summed E-state index contributed by atoms with van der Waals surface area (Å²) < 4.78 is 27.6. The van der Waals surface area contributed by atoms with Gasteiger partial charge in [-0.05, 0) is 42.6 Å². The first kappa shape index (κ1) is 17.7. The van der Waals surface area contributed by atoms with E-state index >= 15 is 0 Å². The Morgan fingerprint density at radius 2 is 2.04 bits per heavy atom. The summed E-state index contributed by atoms with van der Waals surface area (Å²) >= 11 is 8.93. The topological polar surface area (TPSA) is 54.9 Å². The van der Waals surface area contributed by atoms with E-state index in [-0.39, 0.29) is 29.0 Å². The van der Waals surface area contributed by atoms with Gasteiger partial charge in [-0.2, -0.15) is 0 Å². The Hall–Kier alpha value is -1.60. The van der Waals surface area contributed by atoms with E-state index in [0.29, 0.717) is 12.0 Å². The van der Waals surface area contributed by atoms with Crippen LogP contribution >= 0.6 is 27.5 Å². The van der Waals surface area contributed by atoms with Gasteiger partial charge in [0.1, 0.15) is 11.5 Å². The number of unbranched alkanes of at least 4 members (excludes halogenated alkanes) is 1. The Kier molecular flexibility index (Phi) is 6.41. The van der Waals surface area contributed by atoms with Crippen LogP contribution in [0.25, 0.3) is 11.3 Å². The Morgan fingerprint density at radius 1 is 1.26 bits per heavy atom. The van der Waals surface area contributed by atoms with Gasteiger partial charge in [0.25, 0.3) is 0 Å². The monoisotopic (exact) mass is 403 g/mol. The second-order valence-corrected chi connectivity index (χ2v) is 5.86. The van der Waals surface area contributed by atoms with Gasteiger partial charge >= 0.3 is 0 Å². The van der Waals surface area contributed by atoms with E-state index in [4.69, 9.17) is 11.6 Å². The van der Waals surface area contributed by atoms with Crippen LogP contribution in [0, 0.1) is 11.6 Å². The molecule has 2 rings (SSSR count). The second kappa shape index (κ2) is 8.31. The molecule has 1 N–H and O–H groups in total. The summed E-state index contributed by atoms with van der Waals surface area (Å²) in [5, 5.41) is 3.17. The van der Waals surface area contributed by atoms with Crippen molar-refractivity contribution in [1.29, 1.82) is 0 Å². The molecule has 0 fully saturated rings. The number of anilines is 1. The molecule has 0 saturated carbocycles. The number of rotatable bonds is 6. The fourth-order valence-electron chi connectivity index (χ4n) is 1.91. The molecule has 0 spiro atoms. The molecule has 1 heterocycles. The van der Waals surface area contributed by atoms with Crippen LogP contribution in [0.5, 0.6) is 0 Å². The minimum absolute atomic E-state index is 0.0273. The van der Waals surface area contributed by atoms with E-state index in [1.165, 1.54) is 12.1 Å². The summed E-state index contributed by atoms with van der Waals surface area (Å²) in [5.41, 5.74) is 0.212. The lowest BCUT2D eigenvalue weighted by Crippen LogP contribution is -2.12. The molecule has 0 unspecified atom stereocenters. The number of hydrogen-bond acceptors (Lipinski definition) is 3. The molecule has 23 heavy (non-hydrogen) atoms. The van der Waals surface area contributed by atoms with Crippen LogP contribution in [0.4, 0.5) is 14.5 Å². The number of nitrogens with one attached hydrogen (secondary N) is 1. The van der Waals surface area contributed by atoms with Gasteiger partial charge < -0.3 is 5.32 Å². The quantitative estimate of drug-likeness (QED) is 0.436. The van der Waals surface area contributed by atoms with Crippen LogP contribution in [-0.4, -0.2) is 21.2 Å². The van der Waals surface area contributed by atoms with Crippen molar-refractivity contribution in [3.63, 3.8) is 0 Å². The number of amides is 1. The predicted octanol–water partition coefficient (Wildman–Crippen LogP) is 4.58. The van der Waals surface area contributed by atoms with E-state index in [1.54, 1.807) is 0 Å². The maximum absolute atomic E-state index is 13.8. The van der Waals surface area contributed by atoms with Crippen LogP contribution in [0.2, 0.25) is 5.28 Å². The van der Waals surface area contributed by atoms with Crippen molar-refractivity contribution in [3.8, 4) is 11.3 Å². The maximum Gasteiger partial charge on any atom is 0.224 e. The van der Waals surface area contributed by atoms with Crippen LogP contribution in [0.15, 0.2) is 24.4 Å². The number of carbonyl (C=O) groups excluding carboxylic acids is 1. The van der Waals surface area contributed by atoms with E-state index in [9.17, 15) is 13.6 Å². The molecule has 4 nitrogen and oxygen atoms in total. The number of nitrogens with zero attached hydrogens (tertiary/aromatic N) is 2. The average Bonchev–Trinajstić information content (AvgIpc) is 2.52. The molecular weight excluding hydrogens is 392 g/mol. The van der Waals surface area contributed by atoms with E-state index in [0.717, 1.165) is 24.0 Å². The summed E-state index contributed by atoms with van der Waals surface area (Å²) in [4.78, 5) is 19.1. The molecule has 1 aromatic carbocycles. The molecule has 2 aromatic rings. The number of aromatic nitrogens is 2. The van der Waals surface area contributed by atoms with Crippen LogP contribution < -0.4 is 5.32 Å². The molecular formula is C15H13BrClF2N3O. The first-order chi connectivity index (χ1) is 11.0. The normalized spacial score (nSPS) is 10.6. The highest BCUT2D eigenvalue weighted by atomic mass is 79.9. The van der Waals surface area contributed by atoms with Crippen molar-refractivity contribution in [1.82, 2.24) is 9.97 Å². The molecule has 8 heteroatoms. The van der Waals surface area contributed by atoms with Crippen molar-refractivity contribution in [2.24, 2.45) is 0 Å². The average molecular weight is 405 g/mol. The number of halogens is 4. The Labute approximate surface area is 145 Å². The van der Waals surface area contributed by atoms with Crippen LogP contribution in [-0.2, 0) is 4.79 Å². The Bertz CT molecular complexity index is 715. The first-order valence-corrected chi connectivity index (χ1v) is 8.35. The highest BCUT2D eigenvalue weighted by Gasteiger charge is 2.13. The fraction of sp³-hybridized carbons (Fsp3) is 0.267. The largest absolute Gasteiger partial charge is 0.324 e. The smallest absolute Gasteiger partial charge is 0.224 e. The number of alkyl halides is 1. The third kappa shape index (κ3) is 4.94. The third-order valence-electron chi connectivity index (χ3n) is 3.02. The molecule has 0 aliphatic rings. The molecule has 0 radical (unpaired) electrons. The van der Waals surface area contributed by atoms with Crippen LogP contribution in [0.1, 0.15) is 19.3 Å². The van der Waals surface area contributed by atoms with E-state index < -0.39 is 11.6 Å². The molecule has 0 saturated heterocycles. The molecule has 1 aromatic heterocycles. The standard InChI is InChI=1S/C15H13BrClF2N3O/c16-6-2-1-3-13(23)21-12-7-9(4-5-10(12)18)14-11(19)8-20-15(17)22-14/h4-5,7-8H,1-3,6H2,(H,21,23). The van der Waals surface area contributed by atoms with Gasteiger partial charge in [0.2, 0.25) is 11.2 Å². The minimum Gasteiger partial charge on any atom is -0.324 e. The summed E-state index contributed by atoms with van der Waals surface area (Å²) in [6.45, 7) is 0. The summed E-state index contributed by atoms with van der Waals surface area (Å²) in [6.07, 6.45) is 2.75. The van der Waals surface area contributed by atoms with E-state index in [2.05, 4.69) is 31.2 Å². The number of benzene rings is 1. The molecule has 0 bridgehead atoms. The highest BCUT2D eigenvalue weighted by Crippen LogP contribution is 2.26. The lowest BCUT2D eigenvalue weighted by Gasteiger charge is -2.09. The Balaban J connectivity index is 2.22. The van der Waals surface area contributed by atoms with Gasteiger partial charge in [-0.3, -0.25) is 4.79 Å². The molecule has 122 valence electrons. The third-order valence-corrected chi connectivity index (χ3v) is 3.76. The second-order valence-electron chi connectivity index (χ2n) is 4.72. The molecule has 0 aliphatic heterocycles. The van der Waals surface area contributed by atoms with Crippen molar-refractivity contribution < 1.29 is 13.6 Å². The SMILES string of the molecule is O=C(CCCCBr)Nc1cc(-c2nc(Cl)ncc2F)ccc1F. The maximum atomic E-state index is 13.8. The predicted molar refractivity (Wildman–Crippen MR) is 88.7 cm³/mol. The zero-order valence-corrected chi connectivity index (χ0v) is 14.3. The zero-order chi connectivity index (χ0) is 16.8. The fourth-order valence-corrected chi connectivity index (χ4v) is 2.44. The number of carbonyl (C=O) groups is 1. The van der Waals surface area contributed by atoms with Gasteiger partial charge in [-0.15, -0.1) is 0 Å². The Morgan fingerprint density at radius 3 is 2.78 bits per heavy atom. The van der Waals surface area contributed by atoms with Crippen molar-refractivity contribution in [3.05, 3.63) is 41.3 Å². The molecule has 1 amide bonds. The summed E-state index contributed by atoms with van der Waals surface area (Å²) in [5.74, 6) is -1.60. The zero-order valence-electron chi connectivity index (χ0n) is 12.0. The van der Waals surface area contributed by atoms with Gasteiger partial charge in [-0.25, -0.2) is 18.7 Å². The van der Waals surface area contributed by atoms with Gasteiger partial charge in [-0.1, -0.05) is 15.9 Å². The lowest BCUT2D eigenvalue weighted by atomic mass is 10.1. The summed E-state index contributed by atoms with van der Waals surface area (Å²) in [7, 11) is 0. The van der Waals surface area contributed by atoms with Crippen LogP contribution in [0.3, 0.4) is 0 Å². The van der Waals surface area contributed by atoms with Crippen molar-refractivity contribution in [2.75, 3.05) is 10.6 Å². The van der Waals surface area contributed by atoms with Crippen molar-refractivity contribution >= 4 is 39.1 Å². The lowest BCUT2D eigenvalue weighted by molar-refractivity contribution is -0.116. The molecule has 0 atom stereocenters. The minimum atomic E-state index is -0.685.